The van der Waals surface area contributed by atoms with Crippen molar-refractivity contribution in [2.24, 2.45) is 28.5 Å². The minimum atomic E-state index is -0.126. The summed E-state index contributed by atoms with van der Waals surface area (Å²) in [5.74, 6) is 0.468. The fourth-order valence-corrected chi connectivity index (χ4v) is 9.60. The molecule has 4 aromatic rings. The van der Waals surface area contributed by atoms with Gasteiger partial charge in [0.1, 0.15) is 0 Å². The molecule has 3 atom stereocenters. The molecule has 4 heterocycles. The number of benzene rings is 1. The van der Waals surface area contributed by atoms with Crippen LogP contribution in [0.15, 0.2) is 118 Å². The minimum absolute atomic E-state index is 0.113. The predicted molar refractivity (Wildman–Crippen MR) is 315 cm³/mol. The van der Waals surface area contributed by atoms with Gasteiger partial charge >= 0.3 is 0 Å². The number of nitrogens with one attached hydrogen (secondary N) is 2. The Bertz CT molecular complexity index is 2160. The number of methoxy groups -OCH3 is 1. The summed E-state index contributed by atoms with van der Waals surface area (Å²) < 4.78 is 13.9. The van der Waals surface area contributed by atoms with Crippen LogP contribution in [0, 0.1) is 11.3 Å². The lowest BCUT2D eigenvalue weighted by molar-refractivity contribution is 0.116. The molecule has 1 saturated heterocycles. The summed E-state index contributed by atoms with van der Waals surface area (Å²) in [6.07, 6.45) is 13.6. The molecule has 0 amide bonds. The number of allylic oxidation sites excluding steroid dienone is 1. The fraction of sp³-hybridized carbons (Fsp3) is 0.517. The topological polar surface area (TPSA) is 161 Å². The largest absolute Gasteiger partial charge is 0.501 e. The van der Waals surface area contributed by atoms with Gasteiger partial charge in [-0.05, 0) is 123 Å². The van der Waals surface area contributed by atoms with Crippen LogP contribution in [0.25, 0.3) is 33.4 Å². The third-order valence-corrected chi connectivity index (χ3v) is 13.1. The van der Waals surface area contributed by atoms with Crippen LogP contribution in [0.2, 0.25) is 0 Å². The van der Waals surface area contributed by atoms with E-state index in [1.165, 1.54) is 73.2 Å². The summed E-state index contributed by atoms with van der Waals surface area (Å²) in [4.78, 5) is 16.5. The molecule has 3 unspecified atom stereocenters. The first-order valence-corrected chi connectivity index (χ1v) is 26.3. The zero-order chi connectivity index (χ0) is 55.0. The molecule has 13 nitrogen and oxygen atoms in total. The number of unbranched alkanes of at least 4 members (excludes halogenated alkanes) is 3. The number of hydrazine groups is 1. The van der Waals surface area contributed by atoms with Gasteiger partial charge in [-0.15, -0.1) is 24.5 Å². The van der Waals surface area contributed by atoms with Crippen molar-refractivity contribution in [3.63, 3.8) is 0 Å². The number of nitrogens with zero attached hydrogens (tertiary/aromatic N) is 6. The van der Waals surface area contributed by atoms with Crippen LogP contribution in [-0.2, 0) is 28.9 Å². The molecule has 0 spiro atoms. The van der Waals surface area contributed by atoms with Crippen molar-refractivity contribution in [1.82, 2.24) is 40.1 Å². The maximum absolute atomic E-state index is 5.76. The lowest BCUT2D eigenvalue weighted by Crippen LogP contribution is -2.49. The Balaban J connectivity index is 0.00000142. The van der Waals surface area contributed by atoms with E-state index in [0.29, 0.717) is 24.3 Å². The van der Waals surface area contributed by atoms with E-state index in [4.69, 9.17) is 25.2 Å². The highest BCUT2D eigenvalue weighted by molar-refractivity contribution is 7.09. The van der Waals surface area contributed by atoms with Crippen LogP contribution < -0.4 is 28.1 Å². The van der Waals surface area contributed by atoms with E-state index in [2.05, 4.69) is 168 Å². The smallest absolute Gasteiger partial charge is 0.0969 e. The fourth-order valence-electron chi connectivity index (χ4n) is 8.75. The summed E-state index contributed by atoms with van der Waals surface area (Å²) in [5, 5.41) is 4.68. The van der Waals surface area contributed by atoms with Crippen molar-refractivity contribution in [3.8, 4) is 22.5 Å². The third kappa shape index (κ3) is 21.2. The molecule has 0 aliphatic carbocycles. The SMILES string of the molecule is C=C.C=CC(=C)N1CCN(C)CC1C.C=CN(C)C(C(=C)N)C(C)C.C=COCC(C)(C)Cc1c(-c2cccnc2C(C)OC)n(CC)c2ccc(-c3csc(CCCCCCNNC)n3)cc12.CN.CN. The lowest BCUT2D eigenvalue weighted by atomic mass is 9.84. The Morgan fingerprint density at radius 3 is 2.24 bits per heavy atom. The number of likely N-dealkylation sites (N-methyl/N-ethyl adjacent to an activating group) is 2. The predicted octanol–water partition coefficient (Wildman–Crippen LogP) is 10.9. The van der Waals surface area contributed by atoms with Crippen molar-refractivity contribution < 1.29 is 9.47 Å². The van der Waals surface area contributed by atoms with Gasteiger partial charge in [-0.25, -0.2) is 4.98 Å². The highest BCUT2D eigenvalue weighted by atomic mass is 32.1. The number of hydrogen-bond donors (Lipinski definition) is 5. The summed E-state index contributed by atoms with van der Waals surface area (Å²) >= 11 is 1.78. The molecule has 0 bridgehead atoms. The van der Waals surface area contributed by atoms with E-state index >= 15 is 0 Å². The Morgan fingerprint density at radius 1 is 1.03 bits per heavy atom. The second-order valence-electron chi connectivity index (χ2n) is 18.5. The van der Waals surface area contributed by atoms with Crippen LogP contribution in [0.3, 0.4) is 0 Å². The van der Waals surface area contributed by atoms with Crippen LogP contribution >= 0.6 is 11.3 Å². The number of aromatic nitrogens is 3. The van der Waals surface area contributed by atoms with Gasteiger partial charge < -0.3 is 45.9 Å². The first kappa shape index (κ1) is 66.9. The van der Waals surface area contributed by atoms with E-state index in [-0.39, 0.29) is 17.6 Å². The summed E-state index contributed by atoms with van der Waals surface area (Å²) in [7, 11) is 10.8. The molecule has 72 heavy (non-hydrogen) atoms. The van der Waals surface area contributed by atoms with Crippen LogP contribution in [-0.4, -0.2) is 116 Å². The highest BCUT2D eigenvalue weighted by Crippen LogP contribution is 2.42. The molecule has 0 radical (unpaired) electrons. The summed E-state index contributed by atoms with van der Waals surface area (Å²) in [6, 6.07) is 11.8. The van der Waals surface area contributed by atoms with Gasteiger partial charge in [-0.2, -0.15) is 0 Å². The van der Waals surface area contributed by atoms with Crippen molar-refractivity contribution >= 4 is 22.2 Å². The van der Waals surface area contributed by atoms with Gasteiger partial charge in [0.25, 0.3) is 0 Å². The van der Waals surface area contributed by atoms with Crippen molar-refractivity contribution in [2.45, 2.75) is 112 Å². The van der Waals surface area contributed by atoms with Crippen LogP contribution in [0.5, 0.6) is 0 Å². The Kier molecular flexibility index (Phi) is 34.2. The van der Waals surface area contributed by atoms with E-state index in [1.807, 2.05) is 37.3 Å². The molecule has 0 saturated carbocycles. The number of rotatable bonds is 24. The molecule has 1 aromatic carbocycles. The van der Waals surface area contributed by atoms with Gasteiger partial charge in [0.05, 0.1) is 47.1 Å². The number of hydrogen-bond acceptors (Lipinski definition) is 13. The maximum atomic E-state index is 5.76. The molecular weight excluding hydrogens is 915 g/mol. The maximum Gasteiger partial charge on any atom is 0.0969 e. The van der Waals surface area contributed by atoms with E-state index < -0.39 is 0 Å². The number of thiazole rings is 1. The van der Waals surface area contributed by atoms with Gasteiger partial charge in [0.15, 0.2) is 0 Å². The second kappa shape index (κ2) is 36.8. The van der Waals surface area contributed by atoms with Crippen LogP contribution in [0.1, 0.15) is 96.5 Å². The average molecular weight is 1010 g/mol. The standard InChI is InChI=1S/C35H49N5O2S.C10H18N2.C9H18N2.C2H4.2CH5N/c1-8-40-31-18-17-26(30-23-43-32(39-30)16-12-10-11-13-20-38-36-6)21-28(31)29(22-35(4,5)24-42-9-2)34(40)27-15-14-19-37-33(27)25(3)41-7;1-5-9(2)12-7-6-11(4)8-10(12)3;1-6-11(5)9(7(2)3)8(4)10;3*1-2/h9,14-15,17-19,21,23,25,36,38H,2,8,10-13,16,20,22,24H2,1,3-7H3;5,10H,1-2,6-8H2,3-4H3;6-7,9H,1,4,10H2,2-3,5H3;1-2H2;2*2H2,1H3. The van der Waals surface area contributed by atoms with Gasteiger partial charge in [-0.3, -0.25) is 15.8 Å². The molecule has 1 aliphatic heterocycles. The van der Waals surface area contributed by atoms with E-state index in [0.717, 1.165) is 73.8 Å². The van der Waals surface area contributed by atoms with Crippen molar-refractivity contribution in [1.29, 1.82) is 0 Å². The number of pyridine rings is 1. The van der Waals surface area contributed by atoms with Crippen LogP contribution in [0.4, 0.5) is 0 Å². The highest BCUT2D eigenvalue weighted by Gasteiger charge is 2.29. The van der Waals surface area contributed by atoms with Crippen molar-refractivity contribution in [2.75, 3.05) is 75.1 Å². The molecule has 8 N–H and O–H groups in total. The van der Waals surface area contributed by atoms with Gasteiger partial charge in [0, 0.05) is 103 Å². The van der Waals surface area contributed by atoms with E-state index in [9.17, 15) is 0 Å². The van der Waals surface area contributed by atoms with E-state index in [1.54, 1.807) is 24.6 Å². The zero-order valence-corrected chi connectivity index (χ0v) is 48.0. The minimum Gasteiger partial charge on any atom is -0.501 e. The molecule has 1 aliphatic rings. The number of fused-ring (bicyclic) bond motifs is 1. The summed E-state index contributed by atoms with van der Waals surface area (Å²) in [5.41, 5.74) is 30.4. The Morgan fingerprint density at radius 2 is 1.69 bits per heavy atom. The number of piperazine rings is 1. The molecule has 3 aromatic heterocycles. The second-order valence-corrected chi connectivity index (χ2v) is 19.5. The van der Waals surface area contributed by atoms with Gasteiger partial charge in [-0.1, -0.05) is 79.5 Å². The summed E-state index contributed by atoms with van der Waals surface area (Å²) in [6.45, 7) is 45.9. The lowest BCUT2D eigenvalue weighted by Gasteiger charge is -2.40. The van der Waals surface area contributed by atoms with Gasteiger partial charge in [0.2, 0.25) is 0 Å². The normalized spacial score (nSPS) is 13.9. The monoisotopic (exact) mass is 1010 g/mol. The number of aryl methyl sites for hydroxylation is 2. The Hall–Kier alpha value is -5.06. The Labute approximate surface area is 442 Å². The molecule has 404 valence electrons. The number of ether oxygens (including phenoxy) is 2. The molecule has 5 rings (SSSR count). The number of nitrogens with two attached hydrogens (primary N) is 3. The molecule has 14 heteroatoms. The first-order valence-electron chi connectivity index (χ1n) is 25.4. The molecule has 1 fully saturated rings. The zero-order valence-electron chi connectivity index (χ0n) is 47.2. The average Bonchev–Trinajstić information content (AvgIpc) is 3.98. The van der Waals surface area contributed by atoms with Crippen molar-refractivity contribution in [3.05, 3.63) is 134 Å². The first-order chi connectivity index (χ1) is 34.5. The molecular formula is C58H99N11O2S. The quantitative estimate of drug-likeness (QED) is 0.0149. The third-order valence-electron chi connectivity index (χ3n) is 12.2.